The molecule has 0 bridgehead atoms. The molecule has 16 aliphatic carbocycles. The highest BCUT2D eigenvalue weighted by molar-refractivity contribution is 5.15. The van der Waals surface area contributed by atoms with Gasteiger partial charge < -0.3 is 45.6 Å². The molecule has 9 heteroatoms. The number of aliphatic hydroxyl groups is 8. The molecule has 0 heterocycles. The van der Waals surface area contributed by atoms with Crippen molar-refractivity contribution in [1.29, 1.82) is 0 Å². The van der Waals surface area contributed by atoms with Crippen molar-refractivity contribution < 1.29 is 45.6 Å². The van der Waals surface area contributed by atoms with E-state index in [1.807, 2.05) is 55.4 Å². The summed E-state index contributed by atoms with van der Waals surface area (Å²) in [5, 5.41) is 82.7. The second kappa shape index (κ2) is 32.5. The normalized spacial score (nSPS) is 50.5. The van der Waals surface area contributed by atoms with Gasteiger partial charge in [0.25, 0.3) is 0 Å². The van der Waals surface area contributed by atoms with E-state index in [2.05, 4.69) is 83.1 Å². The van der Waals surface area contributed by atoms with Crippen LogP contribution in [0, 0.1) is 175 Å². The first-order chi connectivity index (χ1) is 51.5. The standard InChI is InChI=1S/C27H48O2.C26H46O2.C25H44O2.C24H42O3/c1-18(11-13-24(2,3)28)21-9-10-22-20-8-7-19-17-25(4,29)15-16-26(19,5)23(20)12-14-27(21,22)6;1-17(10-13-24(2,3)27)22-8-9-23-21-7-6-18-16-25(4,28)14-11-19(18)20(21)12-15-26(22,23)5;1-16(11-13-24(2,3)27)22-9-10-23-21-7-5-17-15-18(26)6-8-19(17)20(21)12-14-25(22,23)4;1-21(2,25)15-27-20-9-8-18-17-7-6-16-14-22(3,26)12-13-23(16,4)19(17)10-11-24(18,20)5/h18-23,28-29H,7-17H2,1-6H3;17-23,27-28H,6-16H2,1-5H3;16-23,26-27H,5-15H2,1-4H3;16-20,25-26H,6-15H2,1-5H3/t18-,19-,20?,21-,22?,23?,25+,26+,27-;17-,18-,19+,20?,21?,22-,23?,25+,26-;16-,17-,18+,19+,20?,21?,22-,23?,25-;16-,17?,18?,19?,20+,22+,23+,24+/m1111/s1. The van der Waals surface area contributed by atoms with Crippen molar-refractivity contribution in [3.63, 3.8) is 0 Å². The molecule has 111 heavy (non-hydrogen) atoms. The maximum Gasteiger partial charge on any atom is 0.0824 e. The van der Waals surface area contributed by atoms with Gasteiger partial charge in [0, 0.05) is 0 Å². The summed E-state index contributed by atoms with van der Waals surface area (Å²) in [6, 6.07) is 0. The van der Waals surface area contributed by atoms with Crippen LogP contribution >= 0.6 is 0 Å². The van der Waals surface area contributed by atoms with E-state index < -0.39 is 39.2 Å². The van der Waals surface area contributed by atoms with Gasteiger partial charge in [-0.25, -0.2) is 0 Å². The van der Waals surface area contributed by atoms with E-state index in [9.17, 15) is 40.9 Å². The molecule has 0 aromatic carbocycles. The van der Waals surface area contributed by atoms with E-state index in [-0.39, 0.29) is 11.5 Å². The van der Waals surface area contributed by atoms with Crippen LogP contribution in [0.15, 0.2) is 0 Å². The first-order valence-corrected chi connectivity index (χ1v) is 48.9. The van der Waals surface area contributed by atoms with Crippen LogP contribution in [0.25, 0.3) is 0 Å². The fraction of sp³-hybridized carbons (Fsp3) is 1.00. The molecular weight excluding hydrogens is 1370 g/mol. The summed E-state index contributed by atoms with van der Waals surface area (Å²) in [7, 11) is 0. The topological polar surface area (TPSA) is 171 Å². The van der Waals surface area contributed by atoms with E-state index in [0.29, 0.717) is 45.7 Å². The molecule has 16 aliphatic rings. The number of aliphatic hydroxyl groups excluding tert-OH is 1. The molecule has 0 radical (unpaired) electrons. The van der Waals surface area contributed by atoms with Crippen LogP contribution < -0.4 is 0 Å². The molecular formula is C102H180O9. The lowest BCUT2D eigenvalue weighted by Crippen LogP contribution is -2.56. The van der Waals surface area contributed by atoms with Gasteiger partial charge in [-0.05, 0) is 520 Å². The summed E-state index contributed by atoms with van der Waals surface area (Å²) in [5.41, 5.74) is -0.788. The predicted octanol–water partition coefficient (Wildman–Crippen LogP) is 23.5. The summed E-state index contributed by atoms with van der Waals surface area (Å²) in [5.74, 6) is 20.5. The maximum absolute atomic E-state index is 10.7. The average Bonchev–Trinajstić information content (AvgIpc) is 1.67. The Labute approximate surface area is 682 Å². The van der Waals surface area contributed by atoms with Gasteiger partial charge in [-0.15, -0.1) is 0 Å². The van der Waals surface area contributed by atoms with Gasteiger partial charge in [-0.3, -0.25) is 0 Å². The number of hydrogen-bond acceptors (Lipinski definition) is 9. The molecule has 8 N–H and O–H groups in total. The largest absolute Gasteiger partial charge is 0.393 e. The summed E-state index contributed by atoms with van der Waals surface area (Å²) in [6.45, 7) is 45.1. The first kappa shape index (κ1) is 88.4. The lowest BCUT2D eigenvalue weighted by atomic mass is 9.43. The zero-order chi connectivity index (χ0) is 80.6. The molecule has 0 saturated heterocycles. The Morgan fingerprint density at radius 2 is 0.649 bits per heavy atom. The number of ether oxygens (including phenoxy) is 1. The summed E-state index contributed by atoms with van der Waals surface area (Å²) < 4.78 is 6.30. The molecule has 0 spiro atoms. The van der Waals surface area contributed by atoms with Crippen LogP contribution in [-0.2, 0) is 4.74 Å². The van der Waals surface area contributed by atoms with Crippen molar-refractivity contribution in [3.05, 3.63) is 0 Å². The van der Waals surface area contributed by atoms with Crippen LogP contribution in [0.2, 0.25) is 0 Å². The minimum absolute atomic E-state index is 0.0101. The van der Waals surface area contributed by atoms with Gasteiger partial charge in [-0.2, -0.15) is 0 Å². The first-order valence-electron chi connectivity index (χ1n) is 48.9. The Morgan fingerprint density at radius 1 is 0.306 bits per heavy atom. The number of rotatable bonds is 15. The molecule has 0 aromatic heterocycles. The molecule has 16 rings (SSSR count). The van der Waals surface area contributed by atoms with Crippen molar-refractivity contribution in [2.75, 3.05) is 6.61 Å². The van der Waals surface area contributed by atoms with E-state index in [0.717, 1.165) is 213 Å². The van der Waals surface area contributed by atoms with Crippen molar-refractivity contribution in [2.45, 2.75) is 460 Å². The van der Waals surface area contributed by atoms with Gasteiger partial charge in [0.15, 0.2) is 0 Å². The Kier molecular flexibility index (Phi) is 25.9. The molecule has 0 aromatic rings. The van der Waals surface area contributed by atoms with Crippen LogP contribution in [-0.4, -0.2) is 98.9 Å². The fourth-order valence-corrected chi connectivity index (χ4v) is 34.6. The monoisotopic (exact) mass is 1550 g/mol. The molecule has 0 amide bonds. The molecule has 35 atom stereocenters. The molecule has 9 nitrogen and oxygen atoms in total. The van der Waals surface area contributed by atoms with Gasteiger partial charge in [0.1, 0.15) is 0 Å². The highest BCUT2D eigenvalue weighted by Crippen LogP contribution is 2.73. The third-order valence-corrected chi connectivity index (χ3v) is 40.5. The van der Waals surface area contributed by atoms with E-state index in [1.165, 1.54) is 193 Å². The third-order valence-electron chi connectivity index (χ3n) is 40.5. The van der Waals surface area contributed by atoms with E-state index >= 15 is 0 Å². The highest BCUT2D eigenvalue weighted by Gasteiger charge is 2.66. The third kappa shape index (κ3) is 18.3. The minimum Gasteiger partial charge on any atom is -0.393 e. The van der Waals surface area contributed by atoms with Crippen molar-refractivity contribution in [1.82, 2.24) is 0 Å². The number of hydrogen-bond donors (Lipinski definition) is 8. The second-order valence-electron chi connectivity index (χ2n) is 50.2. The number of fused-ring (bicyclic) bond motifs is 20. The van der Waals surface area contributed by atoms with Crippen molar-refractivity contribution in [2.24, 2.45) is 175 Å². The molecule has 642 valence electrons. The summed E-state index contributed by atoms with van der Waals surface area (Å²) in [4.78, 5) is 0. The smallest absolute Gasteiger partial charge is 0.0824 e. The zero-order valence-corrected chi connectivity index (χ0v) is 75.9. The Bertz CT molecular complexity index is 3050. The zero-order valence-electron chi connectivity index (χ0n) is 75.9. The van der Waals surface area contributed by atoms with Gasteiger partial charge in [0.2, 0.25) is 0 Å². The lowest BCUT2D eigenvalue weighted by Gasteiger charge is -2.62. The summed E-state index contributed by atoms with van der Waals surface area (Å²) in [6.07, 6.45) is 53.1. The Balaban J connectivity index is 0.000000130. The molecule has 12 unspecified atom stereocenters. The fourth-order valence-electron chi connectivity index (χ4n) is 34.6. The van der Waals surface area contributed by atoms with Crippen LogP contribution in [0.5, 0.6) is 0 Å². The van der Waals surface area contributed by atoms with Gasteiger partial charge >= 0.3 is 0 Å². The van der Waals surface area contributed by atoms with Crippen LogP contribution in [0.3, 0.4) is 0 Å². The second-order valence-corrected chi connectivity index (χ2v) is 50.2. The van der Waals surface area contributed by atoms with Gasteiger partial charge in [-0.1, -0.05) is 62.3 Å². The minimum atomic E-state index is -0.740. The van der Waals surface area contributed by atoms with Crippen LogP contribution in [0.1, 0.15) is 408 Å². The van der Waals surface area contributed by atoms with Crippen molar-refractivity contribution in [3.8, 4) is 0 Å². The van der Waals surface area contributed by atoms with E-state index in [1.54, 1.807) is 0 Å². The van der Waals surface area contributed by atoms with Gasteiger partial charge in [0.05, 0.1) is 58.0 Å². The molecule has 16 fully saturated rings. The Hall–Kier alpha value is -0.360. The Morgan fingerprint density at radius 3 is 1.08 bits per heavy atom. The quantitative estimate of drug-likeness (QED) is 0.0795. The SMILES string of the molecule is CC(C)(O)CO[C@H]1CCC2C3CC[C@@H]4C[C@@](C)(O)CC[C@]4(C)C3CC[C@@]21C.C[C@H](CCC(C)(C)O)[C@H]1CCC2C3CC[C@@H]4C[C@@H](O)CC[C@@H]4C3CC[C@@]21C.C[C@H](CCC(C)(C)O)[C@H]1CCC2C3CC[C@@H]4C[C@@](C)(O)CC[C@@H]4C3CC[C@@]21C.C[C@H](CCC(C)(C)O)[C@H]1CCC2C3CC[C@@H]4C[C@@](C)(O)CC[C@]4(C)C3CC[C@@]21C. The maximum atomic E-state index is 10.7. The highest BCUT2D eigenvalue weighted by atomic mass is 16.5. The lowest BCUT2D eigenvalue weighted by molar-refractivity contribution is -0.161. The average molecular weight is 1550 g/mol. The van der Waals surface area contributed by atoms with Crippen molar-refractivity contribution >= 4 is 0 Å². The predicted molar refractivity (Wildman–Crippen MR) is 456 cm³/mol. The van der Waals surface area contributed by atoms with Crippen LogP contribution in [0.4, 0.5) is 0 Å². The summed E-state index contributed by atoms with van der Waals surface area (Å²) >= 11 is 0. The molecule has 16 saturated carbocycles. The molecule has 0 aliphatic heterocycles. The van der Waals surface area contributed by atoms with E-state index in [4.69, 9.17) is 4.74 Å².